The summed E-state index contributed by atoms with van der Waals surface area (Å²) in [6.45, 7) is 0. The summed E-state index contributed by atoms with van der Waals surface area (Å²) in [5, 5.41) is 11.2. The molecule has 6 heteroatoms. The summed E-state index contributed by atoms with van der Waals surface area (Å²) in [7, 11) is 0. The Morgan fingerprint density at radius 1 is 1.41 bits per heavy atom. The van der Waals surface area contributed by atoms with E-state index in [-0.39, 0.29) is 10.7 Å². The number of nitrogens with one attached hydrogen (secondary N) is 1. The highest BCUT2D eigenvalue weighted by molar-refractivity contribution is 6.30. The van der Waals surface area contributed by atoms with Crippen molar-refractivity contribution in [2.75, 3.05) is 5.32 Å². The number of benzene rings is 1. The van der Waals surface area contributed by atoms with Gasteiger partial charge >= 0.3 is 5.97 Å². The van der Waals surface area contributed by atoms with Crippen LogP contribution in [0.1, 0.15) is 6.42 Å². The van der Waals surface area contributed by atoms with Crippen LogP contribution < -0.4 is 5.32 Å². The number of carbonyl (C=O) groups is 2. The Hall–Kier alpha value is -1.62. The van der Waals surface area contributed by atoms with Gasteiger partial charge in [-0.1, -0.05) is 11.6 Å². The van der Waals surface area contributed by atoms with Crippen molar-refractivity contribution in [3.05, 3.63) is 29.0 Å². The van der Waals surface area contributed by atoms with Crippen molar-refractivity contribution in [3.63, 3.8) is 0 Å². The van der Waals surface area contributed by atoms with Crippen molar-refractivity contribution in [3.8, 4) is 0 Å². The van der Waals surface area contributed by atoms with Gasteiger partial charge in [-0.05, 0) is 24.6 Å². The molecule has 0 radical (unpaired) electrons. The Morgan fingerprint density at radius 3 is 2.65 bits per heavy atom. The number of amides is 1. The van der Waals surface area contributed by atoms with E-state index in [1.807, 2.05) is 0 Å². The van der Waals surface area contributed by atoms with Crippen LogP contribution in [0, 0.1) is 17.7 Å². The summed E-state index contributed by atoms with van der Waals surface area (Å²) in [5.41, 5.74) is 0.00967. The second-order valence-electron chi connectivity index (χ2n) is 3.90. The SMILES string of the molecule is O=C(O)C1CC1C(=O)Nc1ccc(Cl)cc1F. The van der Waals surface area contributed by atoms with Gasteiger partial charge in [0.15, 0.2) is 0 Å². The van der Waals surface area contributed by atoms with Gasteiger partial charge in [0.2, 0.25) is 5.91 Å². The average molecular weight is 258 g/mol. The first-order valence-corrected chi connectivity index (χ1v) is 5.35. The number of aliphatic carboxylic acids is 1. The van der Waals surface area contributed by atoms with Crippen LogP contribution >= 0.6 is 11.6 Å². The van der Waals surface area contributed by atoms with E-state index in [0.29, 0.717) is 6.42 Å². The number of anilines is 1. The lowest BCUT2D eigenvalue weighted by molar-refractivity contribution is -0.139. The quantitative estimate of drug-likeness (QED) is 0.872. The van der Waals surface area contributed by atoms with E-state index < -0.39 is 29.5 Å². The largest absolute Gasteiger partial charge is 0.481 e. The molecule has 1 saturated carbocycles. The molecular formula is C11H9ClFNO3. The van der Waals surface area contributed by atoms with E-state index >= 15 is 0 Å². The number of halogens is 2. The van der Waals surface area contributed by atoms with Crippen molar-refractivity contribution in [2.24, 2.45) is 11.8 Å². The molecule has 1 amide bonds. The van der Waals surface area contributed by atoms with Gasteiger partial charge in [-0.2, -0.15) is 0 Å². The van der Waals surface area contributed by atoms with Crippen LogP contribution in [-0.2, 0) is 9.59 Å². The second kappa shape index (κ2) is 4.33. The minimum atomic E-state index is -0.998. The number of carboxylic acid groups (broad SMARTS) is 1. The minimum absolute atomic E-state index is 0.00967. The highest BCUT2D eigenvalue weighted by atomic mass is 35.5. The molecule has 2 N–H and O–H groups in total. The molecule has 0 bridgehead atoms. The Kier molecular flexibility index (Phi) is 3.02. The third-order valence-electron chi connectivity index (χ3n) is 2.63. The number of rotatable bonds is 3. The lowest BCUT2D eigenvalue weighted by atomic mass is 10.2. The predicted molar refractivity (Wildman–Crippen MR) is 59.3 cm³/mol. The molecule has 2 atom stereocenters. The molecule has 0 spiro atoms. The normalized spacial score (nSPS) is 22.0. The molecule has 1 aromatic rings. The fraction of sp³-hybridized carbons (Fsp3) is 0.273. The van der Waals surface area contributed by atoms with E-state index in [1.165, 1.54) is 12.1 Å². The lowest BCUT2D eigenvalue weighted by Crippen LogP contribution is -2.17. The lowest BCUT2D eigenvalue weighted by Gasteiger charge is -2.05. The molecule has 1 aliphatic rings. The third-order valence-corrected chi connectivity index (χ3v) is 2.87. The topological polar surface area (TPSA) is 66.4 Å². The maximum absolute atomic E-state index is 13.3. The van der Waals surface area contributed by atoms with Crippen molar-refractivity contribution < 1.29 is 19.1 Å². The summed E-state index contributed by atoms with van der Waals surface area (Å²) in [4.78, 5) is 22.1. The van der Waals surface area contributed by atoms with Crippen molar-refractivity contribution in [1.82, 2.24) is 0 Å². The molecule has 4 nitrogen and oxygen atoms in total. The molecule has 1 fully saturated rings. The second-order valence-corrected chi connectivity index (χ2v) is 4.34. The van der Waals surface area contributed by atoms with Gasteiger partial charge in [-0.15, -0.1) is 0 Å². The zero-order valence-corrected chi connectivity index (χ0v) is 9.37. The maximum atomic E-state index is 13.3. The van der Waals surface area contributed by atoms with E-state index in [2.05, 4.69) is 5.32 Å². The van der Waals surface area contributed by atoms with E-state index in [9.17, 15) is 14.0 Å². The summed E-state index contributed by atoms with van der Waals surface area (Å²) in [5.74, 6) is -3.33. The molecule has 2 unspecified atom stereocenters. The molecule has 90 valence electrons. The van der Waals surface area contributed by atoms with Crippen LogP contribution in [0.3, 0.4) is 0 Å². The summed E-state index contributed by atoms with van der Waals surface area (Å²) >= 11 is 5.56. The number of hydrogen-bond donors (Lipinski definition) is 2. The van der Waals surface area contributed by atoms with E-state index in [1.54, 1.807) is 0 Å². The van der Waals surface area contributed by atoms with E-state index in [0.717, 1.165) is 6.07 Å². The Bertz CT molecular complexity index is 492. The van der Waals surface area contributed by atoms with Crippen molar-refractivity contribution in [2.45, 2.75) is 6.42 Å². The molecule has 0 aliphatic heterocycles. The molecule has 0 heterocycles. The van der Waals surface area contributed by atoms with Gasteiger partial charge in [0.05, 0.1) is 17.5 Å². The minimum Gasteiger partial charge on any atom is -0.481 e. The molecule has 0 aromatic heterocycles. The van der Waals surface area contributed by atoms with Gasteiger partial charge in [-0.25, -0.2) is 4.39 Å². The number of carboxylic acids is 1. The smallest absolute Gasteiger partial charge is 0.307 e. The third kappa shape index (κ3) is 2.55. The van der Waals surface area contributed by atoms with Crippen LogP contribution in [0.4, 0.5) is 10.1 Å². The molecule has 17 heavy (non-hydrogen) atoms. The van der Waals surface area contributed by atoms with Crippen LogP contribution in [0.2, 0.25) is 5.02 Å². The number of hydrogen-bond acceptors (Lipinski definition) is 2. The zero-order chi connectivity index (χ0) is 12.6. The highest BCUT2D eigenvalue weighted by Crippen LogP contribution is 2.39. The zero-order valence-electron chi connectivity index (χ0n) is 8.61. The monoisotopic (exact) mass is 257 g/mol. The first-order valence-electron chi connectivity index (χ1n) is 4.98. The summed E-state index contributed by atoms with van der Waals surface area (Å²) in [6, 6.07) is 3.87. The molecule has 0 saturated heterocycles. The van der Waals surface area contributed by atoms with Crippen molar-refractivity contribution in [1.29, 1.82) is 0 Å². The fourth-order valence-corrected chi connectivity index (χ4v) is 1.73. The number of carbonyl (C=O) groups excluding carboxylic acids is 1. The van der Waals surface area contributed by atoms with Gasteiger partial charge in [0.1, 0.15) is 5.82 Å². The maximum Gasteiger partial charge on any atom is 0.307 e. The summed E-state index contributed by atoms with van der Waals surface area (Å²) in [6.07, 6.45) is 0.302. The van der Waals surface area contributed by atoms with E-state index in [4.69, 9.17) is 16.7 Å². The summed E-state index contributed by atoms with van der Waals surface area (Å²) < 4.78 is 13.3. The van der Waals surface area contributed by atoms with Crippen LogP contribution in [0.5, 0.6) is 0 Å². The van der Waals surface area contributed by atoms with Gasteiger partial charge < -0.3 is 10.4 Å². The van der Waals surface area contributed by atoms with Gasteiger partial charge in [0, 0.05) is 5.02 Å². The standard InChI is InChI=1S/C11H9ClFNO3/c12-5-1-2-9(8(13)3-5)14-10(15)6-4-7(6)11(16)17/h1-3,6-7H,4H2,(H,14,15)(H,16,17). The molecule has 1 aromatic carbocycles. The predicted octanol–water partition coefficient (Wildman–Crippen LogP) is 2.14. The fourth-order valence-electron chi connectivity index (χ4n) is 1.57. The first-order chi connectivity index (χ1) is 7.99. The highest BCUT2D eigenvalue weighted by Gasteiger charge is 2.48. The van der Waals surface area contributed by atoms with Crippen LogP contribution in [-0.4, -0.2) is 17.0 Å². The van der Waals surface area contributed by atoms with Gasteiger partial charge in [0.25, 0.3) is 0 Å². The Morgan fingerprint density at radius 2 is 2.12 bits per heavy atom. The van der Waals surface area contributed by atoms with Crippen molar-refractivity contribution >= 4 is 29.2 Å². The Balaban J connectivity index is 2.02. The van der Waals surface area contributed by atoms with Gasteiger partial charge in [-0.3, -0.25) is 9.59 Å². The first kappa shape index (κ1) is 11.9. The van der Waals surface area contributed by atoms with Crippen LogP contribution in [0.15, 0.2) is 18.2 Å². The molecule has 1 aliphatic carbocycles. The Labute approximate surface area is 101 Å². The van der Waals surface area contributed by atoms with Crippen LogP contribution in [0.25, 0.3) is 0 Å². The molecular weight excluding hydrogens is 249 g/mol. The molecule has 2 rings (SSSR count). The average Bonchev–Trinajstić information content (AvgIpc) is 3.01.